The molecule has 0 saturated carbocycles. The van der Waals surface area contributed by atoms with Crippen LogP contribution in [0.1, 0.15) is 44.9 Å². The molecule has 0 aliphatic rings. The van der Waals surface area contributed by atoms with Gasteiger partial charge >= 0.3 is 0 Å². The summed E-state index contributed by atoms with van der Waals surface area (Å²) in [6, 6.07) is 19.8. The lowest BCUT2D eigenvalue weighted by Crippen LogP contribution is -2.06. The van der Waals surface area contributed by atoms with Crippen molar-refractivity contribution in [2.75, 3.05) is 0 Å². The second kappa shape index (κ2) is 7.42. The van der Waals surface area contributed by atoms with Gasteiger partial charge in [0, 0.05) is 5.92 Å². The molecule has 0 unspecified atom stereocenters. The van der Waals surface area contributed by atoms with E-state index in [1.807, 2.05) is 64.1 Å². The highest BCUT2D eigenvalue weighted by molar-refractivity contribution is 5.85. The SMILES string of the molecule is Cc1cc(C(c2cc(C)c(O)c(C)c2)c2ccc3cc(O)ccc3c2)cc(C)c1O. The predicted molar refractivity (Wildman–Crippen MR) is 122 cm³/mol. The predicted octanol–water partition coefficient (Wildman–Crippen LogP) is 6.37. The molecule has 0 bridgehead atoms. The van der Waals surface area contributed by atoms with Gasteiger partial charge < -0.3 is 15.3 Å². The molecule has 3 N–H and O–H groups in total. The highest BCUT2D eigenvalue weighted by Gasteiger charge is 2.21. The van der Waals surface area contributed by atoms with Crippen molar-refractivity contribution < 1.29 is 15.3 Å². The molecule has 0 aliphatic carbocycles. The summed E-state index contributed by atoms with van der Waals surface area (Å²) < 4.78 is 0. The van der Waals surface area contributed by atoms with E-state index in [9.17, 15) is 15.3 Å². The lowest BCUT2D eigenvalue weighted by atomic mass is 9.82. The van der Waals surface area contributed by atoms with Crippen LogP contribution in [0.2, 0.25) is 0 Å². The molecule has 3 nitrogen and oxygen atoms in total. The van der Waals surface area contributed by atoms with Crippen LogP contribution in [0, 0.1) is 27.7 Å². The maximum atomic E-state index is 10.3. The van der Waals surface area contributed by atoms with Gasteiger partial charge in [0.1, 0.15) is 17.2 Å². The Morgan fingerprint density at radius 2 is 0.933 bits per heavy atom. The third-order valence-corrected chi connectivity index (χ3v) is 5.87. The zero-order valence-corrected chi connectivity index (χ0v) is 17.7. The van der Waals surface area contributed by atoms with E-state index in [0.29, 0.717) is 11.5 Å². The number of aromatic hydroxyl groups is 3. The molecule has 0 aromatic heterocycles. The zero-order chi connectivity index (χ0) is 21.6. The fourth-order valence-electron chi connectivity index (χ4n) is 4.32. The van der Waals surface area contributed by atoms with E-state index >= 15 is 0 Å². The van der Waals surface area contributed by atoms with E-state index in [1.54, 1.807) is 12.1 Å². The first-order valence-electron chi connectivity index (χ1n) is 10.1. The van der Waals surface area contributed by atoms with E-state index < -0.39 is 0 Å². The maximum absolute atomic E-state index is 10.3. The topological polar surface area (TPSA) is 60.7 Å². The fraction of sp³-hybridized carbons (Fsp3) is 0.185. The van der Waals surface area contributed by atoms with Crippen molar-refractivity contribution >= 4 is 10.8 Å². The van der Waals surface area contributed by atoms with Gasteiger partial charge in [0.2, 0.25) is 0 Å². The van der Waals surface area contributed by atoms with E-state index in [4.69, 9.17) is 0 Å². The van der Waals surface area contributed by atoms with Crippen LogP contribution in [0.3, 0.4) is 0 Å². The summed E-state index contributed by atoms with van der Waals surface area (Å²) in [5, 5.41) is 32.4. The van der Waals surface area contributed by atoms with E-state index in [0.717, 1.165) is 49.7 Å². The van der Waals surface area contributed by atoms with Crippen LogP contribution in [0.4, 0.5) is 0 Å². The molecule has 30 heavy (non-hydrogen) atoms. The Hall–Kier alpha value is -3.46. The summed E-state index contributed by atoms with van der Waals surface area (Å²) in [6.45, 7) is 7.66. The van der Waals surface area contributed by atoms with Crippen LogP contribution in [-0.4, -0.2) is 15.3 Å². The van der Waals surface area contributed by atoms with Crippen molar-refractivity contribution in [2.24, 2.45) is 0 Å². The first-order chi connectivity index (χ1) is 14.2. The third kappa shape index (κ3) is 3.48. The number of hydrogen-bond donors (Lipinski definition) is 3. The van der Waals surface area contributed by atoms with Crippen LogP contribution in [0.15, 0.2) is 60.7 Å². The molecule has 0 saturated heterocycles. The van der Waals surface area contributed by atoms with Gasteiger partial charge in [-0.25, -0.2) is 0 Å². The highest BCUT2D eigenvalue weighted by Crippen LogP contribution is 2.39. The van der Waals surface area contributed by atoms with Crippen LogP contribution < -0.4 is 0 Å². The van der Waals surface area contributed by atoms with E-state index in [1.165, 1.54) is 0 Å². The molecule has 4 aromatic carbocycles. The second-order valence-corrected chi connectivity index (χ2v) is 8.23. The average Bonchev–Trinajstić information content (AvgIpc) is 2.70. The van der Waals surface area contributed by atoms with E-state index in [-0.39, 0.29) is 11.7 Å². The van der Waals surface area contributed by atoms with Crippen LogP contribution in [0.5, 0.6) is 17.2 Å². The Labute approximate surface area is 176 Å². The maximum Gasteiger partial charge on any atom is 0.121 e. The quantitative estimate of drug-likeness (QED) is 0.351. The van der Waals surface area contributed by atoms with Gasteiger partial charge in [-0.1, -0.05) is 48.5 Å². The number of rotatable bonds is 3. The summed E-state index contributed by atoms with van der Waals surface area (Å²) in [4.78, 5) is 0. The van der Waals surface area contributed by atoms with Crippen LogP contribution >= 0.6 is 0 Å². The first kappa shape index (κ1) is 19.8. The zero-order valence-electron chi connectivity index (χ0n) is 17.7. The molecule has 0 atom stereocenters. The summed E-state index contributed by atoms with van der Waals surface area (Å²) in [7, 11) is 0. The minimum absolute atomic E-state index is 0.0563. The molecule has 4 aromatic rings. The normalized spacial score (nSPS) is 11.4. The molecular weight excluding hydrogens is 372 g/mol. The number of phenolic OH excluding ortho intramolecular Hbond substituents is 3. The lowest BCUT2D eigenvalue weighted by Gasteiger charge is -2.22. The van der Waals surface area contributed by atoms with E-state index in [2.05, 4.69) is 12.1 Å². The van der Waals surface area contributed by atoms with Gasteiger partial charge in [0.15, 0.2) is 0 Å². The smallest absolute Gasteiger partial charge is 0.121 e. The molecule has 4 rings (SSSR count). The van der Waals surface area contributed by atoms with Crippen molar-refractivity contribution in [1.29, 1.82) is 0 Å². The Morgan fingerprint density at radius 3 is 1.43 bits per heavy atom. The summed E-state index contributed by atoms with van der Waals surface area (Å²) in [6.07, 6.45) is 0. The second-order valence-electron chi connectivity index (χ2n) is 8.23. The Balaban J connectivity index is 1.98. The molecule has 0 fully saturated rings. The average molecular weight is 399 g/mol. The lowest BCUT2D eigenvalue weighted by molar-refractivity contribution is 0.466. The molecule has 152 valence electrons. The Kier molecular flexibility index (Phi) is 4.90. The van der Waals surface area contributed by atoms with Crippen molar-refractivity contribution in [3.63, 3.8) is 0 Å². The summed E-state index contributed by atoms with van der Waals surface area (Å²) >= 11 is 0. The summed E-state index contributed by atoms with van der Waals surface area (Å²) in [5.41, 5.74) is 6.65. The van der Waals surface area contributed by atoms with Gasteiger partial charge in [0.05, 0.1) is 0 Å². The third-order valence-electron chi connectivity index (χ3n) is 5.87. The Morgan fingerprint density at radius 1 is 0.500 bits per heavy atom. The van der Waals surface area contributed by atoms with Gasteiger partial charge in [-0.05, 0) is 89.5 Å². The number of aryl methyl sites for hydroxylation is 4. The molecule has 0 heterocycles. The number of phenols is 3. The monoisotopic (exact) mass is 398 g/mol. The van der Waals surface area contributed by atoms with Gasteiger partial charge in [-0.15, -0.1) is 0 Å². The fourth-order valence-corrected chi connectivity index (χ4v) is 4.32. The standard InChI is InChI=1S/C27H26O3/c1-15-9-22(10-16(2)26(15)29)25(23-11-17(3)27(30)18(4)12-23)21-6-5-20-14-24(28)8-7-19(20)13-21/h5-14,25,28-30H,1-4H3. The van der Waals surface area contributed by atoms with Crippen molar-refractivity contribution in [3.8, 4) is 17.2 Å². The number of benzene rings is 4. The minimum atomic E-state index is -0.0563. The molecule has 3 heteroatoms. The van der Waals surface area contributed by atoms with Crippen LogP contribution in [0.25, 0.3) is 10.8 Å². The molecular formula is C27H26O3. The first-order valence-corrected chi connectivity index (χ1v) is 10.1. The molecule has 0 aliphatic heterocycles. The molecule has 0 spiro atoms. The number of hydrogen-bond acceptors (Lipinski definition) is 3. The minimum Gasteiger partial charge on any atom is -0.508 e. The summed E-state index contributed by atoms with van der Waals surface area (Å²) in [5.74, 6) is 0.842. The van der Waals surface area contributed by atoms with Crippen molar-refractivity contribution in [3.05, 3.63) is 99.6 Å². The largest absolute Gasteiger partial charge is 0.508 e. The molecule has 0 radical (unpaired) electrons. The molecule has 0 amide bonds. The van der Waals surface area contributed by atoms with Crippen molar-refractivity contribution in [2.45, 2.75) is 33.6 Å². The van der Waals surface area contributed by atoms with Gasteiger partial charge in [-0.2, -0.15) is 0 Å². The van der Waals surface area contributed by atoms with Crippen molar-refractivity contribution in [1.82, 2.24) is 0 Å². The van der Waals surface area contributed by atoms with Gasteiger partial charge in [0.25, 0.3) is 0 Å². The van der Waals surface area contributed by atoms with Crippen LogP contribution in [-0.2, 0) is 0 Å². The van der Waals surface area contributed by atoms with Gasteiger partial charge in [-0.3, -0.25) is 0 Å². The Bertz CT molecular complexity index is 1170. The number of fused-ring (bicyclic) bond motifs is 1. The highest BCUT2D eigenvalue weighted by atomic mass is 16.3.